The maximum Gasteiger partial charge on any atom is 0.254 e. The zero-order valence-electron chi connectivity index (χ0n) is 21.7. The van der Waals surface area contributed by atoms with Crippen molar-refractivity contribution < 1.29 is 23.1 Å². The smallest absolute Gasteiger partial charge is 0.254 e. The number of aromatic nitrogens is 3. The van der Waals surface area contributed by atoms with Crippen LogP contribution < -0.4 is 4.74 Å². The molecular weight excluding hydrogens is 584 g/mol. The number of piperazine rings is 1. The summed E-state index contributed by atoms with van der Waals surface area (Å²) >= 11 is 3.43. The molecular formula is C29H26BrF2N5O3. The Morgan fingerprint density at radius 3 is 2.33 bits per heavy atom. The van der Waals surface area contributed by atoms with Gasteiger partial charge in [-0.15, -0.1) is 5.10 Å². The minimum atomic E-state index is -0.723. The van der Waals surface area contributed by atoms with Crippen molar-refractivity contribution in [3.63, 3.8) is 0 Å². The van der Waals surface area contributed by atoms with Gasteiger partial charge in [0.2, 0.25) is 0 Å². The van der Waals surface area contributed by atoms with Gasteiger partial charge in [-0.25, -0.2) is 13.5 Å². The van der Waals surface area contributed by atoms with Gasteiger partial charge in [-0.2, -0.15) is 0 Å². The molecule has 0 atom stereocenters. The molecule has 1 aliphatic heterocycles. The van der Waals surface area contributed by atoms with Crippen LogP contribution in [0.3, 0.4) is 0 Å². The summed E-state index contributed by atoms with van der Waals surface area (Å²) in [7, 11) is 0. The van der Waals surface area contributed by atoms with E-state index in [9.17, 15) is 18.4 Å². The number of hydrogen-bond donors (Lipinski definition) is 0. The van der Waals surface area contributed by atoms with Crippen LogP contribution in [0.25, 0.3) is 0 Å². The van der Waals surface area contributed by atoms with Gasteiger partial charge in [0.25, 0.3) is 11.8 Å². The van der Waals surface area contributed by atoms with E-state index in [1.807, 2.05) is 43.3 Å². The van der Waals surface area contributed by atoms with Gasteiger partial charge < -0.3 is 14.5 Å². The van der Waals surface area contributed by atoms with Crippen molar-refractivity contribution in [2.75, 3.05) is 26.2 Å². The number of hydrogen-bond acceptors (Lipinski definition) is 5. The van der Waals surface area contributed by atoms with Crippen molar-refractivity contribution in [1.82, 2.24) is 24.8 Å². The summed E-state index contributed by atoms with van der Waals surface area (Å²) in [6, 6.07) is 15.9. The number of halogens is 3. The molecule has 0 unspecified atom stereocenters. The lowest BCUT2D eigenvalue weighted by molar-refractivity contribution is 0.0535. The van der Waals surface area contributed by atoms with Crippen molar-refractivity contribution in [2.24, 2.45) is 0 Å². The molecule has 1 saturated heterocycles. The van der Waals surface area contributed by atoms with Crippen molar-refractivity contribution >= 4 is 27.7 Å². The summed E-state index contributed by atoms with van der Waals surface area (Å²) in [5, 5.41) is 8.13. The number of ether oxygens (including phenoxy) is 1. The molecule has 1 fully saturated rings. The average molecular weight is 610 g/mol. The summed E-state index contributed by atoms with van der Waals surface area (Å²) in [6.07, 6.45) is 1.67. The number of rotatable bonds is 7. The molecule has 0 radical (unpaired) electrons. The first-order valence-corrected chi connectivity index (χ1v) is 13.5. The highest BCUT2D eigenvalue weighted by Gasteiger charge is 2.26. The predicted octanol–water partition coefficient (Wildman–Crippen LogP) is 4.85. The molecule has 11 heteroatoms. The molecule has 40 heavy (non-hydrogen) atoms. The second-order valence-electron chi connectivity index (χ2n) is 9.55. The van der Waals surface area contributed by atoms with Crippen molar-refractivity contribution in [3.05, 3.63) is 111 Å². The molecule has 0 bridgehead atoms. The monoisotopic (exact) mass is 609 g/mol. The molecule has 3 aromatic carbocycles. The third kappa shape index (κ3) is 6.53. The van der Waals surface area contributed by atoms with E-state index in [2.05, 4.69) is 26.2 Å². The summed E-state index contributed by atoms with van der Waals surface area (Å²) in [6.45, 7) is 4.11. The summed E-state index contributed by atoms with van der Waals surface area (Å²) in [5.41, 5.74) is 3.47. The van der Waals surface area contributed by atoms with Gasteiger partial charge in [-0.05, 0) is 48.4 Å². The van der Waals surface area contributed by atoms with Crippen LogP contribution in [0, 0.1) is 18.6 Å². The van der Waals surface area contributed by atoms with Gasteiger partial charge in [-0.3, -0.25) is 9.59 Å². The van der Waals surface area contributed by atoms with E-state index in [-0.39, 0.29) is 24.2 Å². The lowest BCUT2D eigenvalue weighted by atomic mass is 10.1. The second-order valence-corrected chi connectivity index (χ2v) is 10.5. The van der Waals surface area contributed by atoms with Crippen LogP contribution in [-0.2, 0) is 13.2 Å². The number of aryl methyl sites for hydroxylation is 1. The van der Waals surface area contributed by atoms with Gasteiger partial charge >= 0.3 is 0 Å². The van der Waals surface area contributed by atoms with E-state index in [1.165, 1.54) is 0 Å². The fourth-order valence-electron chi connectivity index (χ4n) is 4.57. The van der Waals surface area contributed by atoms with Crippen LogP contribution in [0.2, 0.25) is 0 Å². The van der Waals surface area contributed by atoms with Crippen molar-refractivity contribution in [2.45, 2.75) is 20.1 Å². The van der Waals surface area contributed by atoms with Gasteiger partial charge in [0.05, 0.1) is 12.7 Å². The highest BCUT2D eigenvalue weighted by atomic mass is 79.9. The zero-order valence-corrected chi connectivity index (χ0v) is 23.3. The molecule has 1 aliphatic rings. The Labute approximate surface area is 238 Å². The minimum Gasteiger partial charge on any atom is -0.487 e. The van der Waals surface area contributed by atoms with Crippen LogP contribution in [0.1, 0.15) is 37.5 Å². The first-order chi connectivity index (χ1) is 19.2. The lowest BCUT2D eigenvalue weighted by Gasteiger charge is -2.35. The van der Waals surface area contributed by atoms with Crippen LogP contribution in [-0.4, -0.2) is 62.8 Å². The Morgan fingerprint density at radius 2 is 1.62 bits per heavy atom. The fourth-order valence-corrected chi connectivity index (χ4v) is 5.05. The number of benzene rings is 3. The van der Waals surface area contributed by atoms with E-state index in [0.717, 1.165) is 33.8 Å². The molecule has 0 aliphatic carbocycles. The third-order valence-electron chi connectivity index (χ3n) is 6.60. The van der Waals surface area contributed by atoms with E-state index in [4.69, 9.17) is 4.74 Å². The predicted molar refractivity (Wildman–Crippen MR) is 147 cm³/mol. The van der Waals surface area contributed by atoms with E-state index >= 15 is 0 Å². The van der Waals surface area contributed by atoms with Crippen LogP contribution in [0.15, 0.2) is 71.3 Å². The molecule has 2 heterocycles. The van der Waals surface area contributed by atoms with E-state index in [1.54, 1.807) is 26.7 Å². The average Bonchev–Trinajstić information content (AvgIpc) is 3.38. The molecule has 206 valence electrons. The molecule has 0 N–H and O–H groups in total. The van der Waals surface area contributed by atoms with Crippen LogP contribution >= 0.6 is 15.9 Å². The standard InChI is InChI=1S/C29H26BrF2N5O3/c1-19-11-22(30)5-6-27(19)29(39)36-9-7-35(8-10-36)28(38)21-4-2-3-20(12-21)16-37-17-25(33-34-37)18-40-26-14-23(31)13-24(32)15-26/h2-6,11-15,17H,7-10,16,18H2,1H3. The van der Waals surface area contributed by atoms with Gasteiger partial charge in [-0.1, -0.05) is 33.3 Å². The highest BCUT2D eigenvalue weighted by Crippen LogP contribution is 2.20. The maximum absolute atomic E-state index is 13.3. The van der Waals surface area contributed by atoms with Gasteiger partial charge in [0.15, 0.2) is 0 Å². The van der Waals surface area contributed by atoms with E-state index < -0.39 is 11.6 Å². The van der Waals surface area contributed by atoms with Gasteiger partial charge in [0.1, 0.15) is 29.7 Å². The van der Waals surface area contributed by atoms with E-state index in [0.29, 0.717) is 49.5 Å². The summed E-state index contributed by atoms with van der Waals surface area (Å²) < 4.78 is 34.6. The summed E-state index contributed by atoms with van der Waals surface area (Å²) in [5.74, 6) is -1.51. The minimum absolute atomic E-state index is 0.00269. The molecule has 0 spiro atoms. The highest BCUT2D eigenvalue weighted by molar-refractivity contribution is 9.10. The number of carbonyl (C=O) groups is 2. The first kappa shape index (κ1) is 27.4. The number of amides is 2. The summed E-state index contributed by atoms with van der Waals surface area (Å²) in [4.78, 5) is 29.8. The second kappa shape index (κ2) is 12.0. The molecule has 0 saturated carbocycles. The van der Waals surface area contributed by atoms with Gasteiger partial charge in [0, 0.05) is 60.0 Å². The van der Waals surface area contributed by atoms with Crippen LogP contribution in [0.5, 0.6) is 5.75 Å². The zero-order chi connectivity index (χ0) is 28.2. The van der Waals surface area contributed by atoms with Crippen molar-refractivity contribution in [3.8, 4) is 5.75 Å². The SMILES string of the molecule is Cc1cc(Br)ccc1C(=O)N1CCN(C(=O)c2cccc(Cn3cc(COc4cc(F)cc(F)c4)nn3)c2)CC1. The quantitative estimate of drug-likeness (QED) is 0.299. The Morgan fingerprint density at radius 1 is 0.925 bits per heavy atom. The Bertz CT molecular complexity index is 1530. The molecule has 1 aromatic heterocycles. The Kier molecular flexibility index (Phi) is 8.20. The fraction of sp³-hybridized carbons (Fsp3) is 0.241. The normalized spacial score (nSPS) is 13.4. The Hall–Kier alpha value is -4.12. The van der Waals surface area contributed by atoms with Crippen LogP contribution in [0.4, 0.5) is 8.78 Å². The molecule has 5 rings (SSSR count). The number of carbonyl (C=O) groups excluding carboxylic acids is 2. The molecule has 2 amide bonds. The first-order valence-electron chi connectivity index (χ1n) is 12.7. The third-order valence-corrected chi connectivity index (χ3v) is 7.09. The van der Waals surface area contributed by atoms with Crippen molar-refractivity contribution in [1.29, 1.82) is 0 Å². The number of nitrogens with zero attached hydrogens (tertiary/aromatic N) is 5. The maximum atomic E-state index is 13.3. The lowest BCUT2D eigenvalue weighted by Crippen LogP contribution is -2.50. The molecule has 8 nitrogen and oxygen atoms in total. The largest absolute Gasteiger partial charge is 0.487 e. The molecule has 4 aromatic rings. The Balaban J connectivity index is 1.16. The topological polar surface area (TPSA) is 80.6 Å².